The molecule has 57 heavy (non-hydrogen) atoms. The Kier molecular flexibility index (Phi) is 12.7. The molecule has 6 fully saturated rings. The first kappa shape index (κ1) is 40.9. The molecule has 6 saturated carbocycles. The number of phenolic OH excluding ortho intramolecular Hbond substituents is 1. The van der Waals surface area contributed by atoms with E-state index in [-0.39, 0.29) is 39.6 Å². The van der Waals surface area contributed by atoms with Gasteiger partial charge in [0.25, 0.3) is 0 Å². The number of hydrogen-bond acceptors (Lipinski definition) is 10. The number of carbonyl (C=O) groups is 2. The second-order valence-corrected chi connectivity index (χ2v) is 17.4. The molecule has 0 radical (unpaired) electrons. The van der Waals surface area contributed by atoms with Gasteiger partial charge in [0.1, 0.15) is 11.5 Å². The molecule has 306 valence electrons. The fraction of sp³-hybridized carbons (Fsp3) is 0.574. The molecule has 0 aliphatic heterocycles. The fourth-order valence-corrected chi connectivity index (χ4v) is 9.99. The van der Waals surface area contributed by atoms with E-state index in [1.807, 2.05) is 24.3 Å². The lowest BCUT2D eigenvalue weighted by atomic mass is 9.57. The maximum Gasteiger partial charge on any atom is 0.311 e. The number of unbranched alkanes of at least 4 members (excludes halogenated alkanes) is 4. The van der Waals surface area contributed by atoms with Crippen LogP contribution in [0.15, 0.2) is 60.7 Å². The van der Waals surface area contributed by atoms with Gasteiger partial charge in [-0.2, -0.15) is 0 Å². The first-order valence-corrected chi connectivity index (χ1v) is 21.4. The molecule has 0 unspecified atom stereocenters. The molecule has 2 aromatic carbocycles. The van der Waals surface area contributed by atoms with E-state index in [0.29, 0.717) is 0 Å². The Balaban J connectivity index is 0.000000179. The van der Waals surface area contributed by atoms with Gasteiger partial charge in [-0.05, 0) is 132 Å². The molecular formula is C47H62N4O6. The lowest BCUT2D eigenvalue weighted by Gasteiger charge is -2.52. The number of nitrogens with one attached hydrogen (secondary N) is 2. The van der Waals surface area contributed by atoms with Crippen LogP contribution in [0.1, 0.15) is 127 Å². The van der Waals surface area contributed by atoms with Crippen molar-refractivity contribution in [3.05, 3.63) is 72.1 Å². The molecule has 0 atom stereocenters. The van der Waals surface area contributed by atoms with Gasteiger partial charge in [-0.1, -0.05) is 44.7 Å². The van der Waals surface area contributed by atoms with Gasteiger partial charge in [-0.15, -0.1) is 0 Å². The second-order valence-electron chi connectivity index (χ2n) is 17.4. The smallest absolute Gasteiger partial charge is 0.311 e. The van der Waals surface area contributed by atoms with Crippen molar-refractivity contribution in [2.24, 2.45) is 10.8 Å². The molecule has 0 spiro atoms. The number of carbonyl (C=O) groups excluding carboxylic acids is 2. The van der Waals surface area contributed by atoms with E-state index in [9.17, 15) is 14.7 Å². The summed E-state index contributed by atoms with van der Waals surface area (Å²) in [7, 11) is 3.01. The summed E-state index contributed by atoms with van der Waals surface area (Å²) in [4.78, 5) is 33.9. The van der Waals surface area contributed by atoms with Gasteiger partial charge in [-0.25, -0.2) is 0 Å². The Morgan fingerprint density at radius 3 is 1.58 bits per heavy atom. The third-order valence-electron chi connectivity index (χ3n) is 14.0. The summed E-state index contributed by atoms with van der Waals surface area (Å²) < 4.78 is 16.1. The monoisotopic (exact) mass is 778 g/mol. The van der Waals surface area contributed by atoms with Crippen LogP contribution in [0.4, 0.5) is 0 Å². The van der Waals surface area contributed by atoms with E-state index < -0.39 is 0 Å². The Bertz CT molecular complexity index is 1980. The Morgan fingerprint density at radius 2 is 1.09 bits per heavy atom. The standard InChI is InChI=1S/C27H38N2O3.C20H24N2O3/c1-3-4-5-6-7-18-32-23-10-11-24-21(19-23)8-9-22(29-24)20-28-27-15-12-26(13-16-27,14-17-27)25(30)31-2;1-25-18(24)19-6-9-20(10-7-19,11-8-19)21-13-15-3-2-14-12-16(23)4-5-17(14)22-15/h8-11,19,28H,3-7,12-18,20H2,1-2H3;2-5,12,21,23H,6-11,13H2,1H3. The maximum atomic E-state index is 12.2. The molecule has 0 saturated heterocycles. The molecule has 10 heteroatoms. The van der Waals surface area contributed by atoms with Crippen LogP contribution in [-0.2, 0) is 32.2 Å². The molecule has 4 aromatic rings. The number of rotatable bonds is 15. The highest BCUT2D eigenvalue weighted by Crippen LogP contribution is 2.54. The van der Waals surface area contributed by atoms with Crippen LogP contribution < -0.4 is 15.4 Å². The molecule has 3 N–H and O–H groups in total. The predicted molar refractivity (Wildman–Crippen MR) is 223 cm³/mol. The third kappa shape index (κ3) is 9.23. The van der Waals surface area contributed by atoms with Gasteiger partial charge in [0, 0.05) is 34.9 Å². The van der Waals surface area contributed by atoms with Crippen molar-refractivity contribution in [2.45, 2.75) is 140 Å². The lowest BCUT2D eigenvalue weighted by Crippen LogP contribution is -2.56. The Hall–Kier alpha value is -4.28. The number of benzene rings is 2. The van der Waals surface area contributed by atoms with Crippen molar-refractivity contribution >= 4 is 33.7 Å². The molecule has 2 heterocycles. The quantitative estimate of drug-likeness (QED) is 0.0793. The number of ether oxygens (including phenoxy) is 3. The third-order valence-corrected chi connectivity index (χ3v) is 14.0. The highest BCUT2D eigenvalue weighted by Gasteiger charge is 2.54. The van der Waals surface area contributed by atoms with E-state index >= 15 is 0 Å². The van der Waals surface area contributed by atoms with Crippen LogP contribution in [0.2, 0.25) is 0 Å². The van der Waals surface area contributed by atoms with Crippen LogP contribution in [-0.4, -0.2) is 58.9 Å². The number of methoxy groups -OCH3 is 2. The first-order valence-electron chi connectivity index (χ1n) is 21.4. The maximum absolute atomic E-state index is 12.2. The van der Waals surface area contributed by atoms with Crippen LogP contribution in [0, 0.1) is 10.8 Å². The van der Waals surface area contributed by atoms with Gasteiger partial charge in [0.05, 0.1) is 54.1 Å². The largest absolute Gasteiger partial charge is 0.508 e. The first-order chi connectivity index (χ1) is 27.6. The van der Waals surface area contributed by atoms with E-state index in [4.69, 9.17) is 19.2 Å². The van der Waals surface area contributed by atoms with Crippen molar-refractivity contribution in [3.8, 4) is 11.5 Å². The van der Waals surface area contributed by atoms with Crippen LogP contribution in [0.3, 0.4) is 0 Å². The van der Waals surface area contributed by atoms with Crippen molar-refractivity contribution < 1.29 is 28.9 Å². The van der Waals surface area contributed by atoms with Crippen molar-refractivity contribution in [1.29, 1.82) is 0 Å². The summed E-state index contributed by atoms with van der Waals surface area (Å²) in [6.45, 7) is 4.51. The molecule has 10 rings (SSSR count). The lowest BCUT2D eigenvalue weighted by molar-refractivity contribution is -0.161. The number of esters is 2. The molecule has 10 nitrogen and oxygen atoms in total. The zero-order valence-corrected chi connectivity index (χ0v) is 34.3. The highest BCUT2D eigenvalue weighted by atomic mass is 16.5. The summed E-state index contributed by atoms with van der Waals surface area (Å²) in [5.74, 6) is 1.15. The van der Waals surface area contributed by atoms with E-state index in [1.165, 1.54) is 39.9 Å². The van der Waals surface area contributed by atoms with Crippen molar-refractivity contribution in [3.63, 3.8) is 0 Å². The van der Waals surface area contributed by atoms with Gasteiger partial charge in [0.2, 0.25) is 0 Å². The minimum Gasteiger partial charge on any atom is -0.508 e. The van der Waals surface area contributed by atoms with E-state index in [1.54, 1.807) is 12.1 Å². The minimum absolute atomic E-state index is 0.0122. The number of fused-ring (bicyclic) bond motifs is 8. The average Bonchev–Trinajstić information content (AvgIpc) is 3.27. The highest BCUT2D eigenvalue weighted by molar-refractivity contribution is 5.81. The minimum atomic E-state index is -0.235. The van der Waals surface area contributed by atoms with Gasteiger partial charge in [-0.3, -0.25) is 19.6 Å². The Labute approximate surface area is 337 Å². The van der Waals surface area contributed by atoms with Crippen molar-refractivity contribution in [1.82, 2.24) is 20.6 Å². The molecule has 2 aromatic heterocycles. The summed E-state index contributed by atoms with van der Waals surface area (Å²) >= 11 is 0. The fourth-order valence-electron chi connectivity index (χ4n) is 9.99. The van der Waals surface area contributed by atoms with Crippen LogP contribution in [0.5, 0.6) is 11.5 Å². The molecule has 6 aliphatic rings. The second kappa shape index (κ2) is 17.7. The van der Waals surface area contributed by atoms with E-state index in [0.717, 1.165) is 142 Å². The zero-order valence-electron chi connectivity index (χ0n) is 34.3. The topological polar surface area (TPSA) is 132 Å². The summed E-state index contributed by atoms with van der Waals surface area (Å²) in [6, 6.07) is 19.7. The number of aromatic nitrogens is 2. The summed E-state index contributed by atoms with van der Waals surface area (Å²) in [5.41, 5.74) is 3.77. The number of hydrogen-bond donors (Lipinski definition) is 3. The van der Waals surface area contributed by atoms with Crippen LogP contribution in [0.25, 0.3) is 21.8 Å². The molecule has 4 bridgehead atoms. The SMILES string of the molecule is CCCCCCCOc1ccc2nc(CNC34CCC(C(=O)OC)(CC3)CC4)ccc2c1.COC(=O)C12CCC(NCc3ccc4cc(O)ccc4n3)(CC1)CC2. The van der Waals surface area contributed by atoms with Gasteiger partial charge >= 0.3 is 11.9 Å². The van der Waals surface area contributed by atoms with Crippen LogP contribution >= 0.6 is 0 Å². The zero-order chi connectivity index (χ0) is 39.9. The number of pyridine rings is 2. The van der Waals surface area contributed by atoms with Crippen molar-refractivity contribution in [2.75, 3.05) is 20.8 Å². The van der Waals surface area contributed by atoms with Gasteiger partial charge < -0.3 is 30.0 Å². The normalized spacial score (nSPS) is 26.2. The Morgan fingerprint density at radius 1 is 0.614 bits per heavy atom. The van der Waals surface area contributed by atoms with Gasteiger partial charge in [0.15, 0.2) is 0 Å². The molecule has 0 amide bonds. The number of phenols is 1. The van der Waals surface area contributed by atoms with E-state index in [2.05, 4.69) is 46.8 Å². The molecule has 6 aliphatic carbocycles. The number of nitrogens with zero attached hydrogens (tertiary/aromatic N) is 2. The average molecular weight is 779 g/mol. The molecular weight excluding hydrogens is 717 g/mol. The number of aromatic hydroxyl groups is 1. The summed E-state index contributed by atoms with van der Waals surface area (Å²) in [5, 5.41) is 19.1. The summed E-state index contributed by atoms with van der Waals surface area (Å²) in [6.07, 6.45) is 17.9. The predicted octanol–water partition coefficient (Wildman–Crippen LogP) is 9.24.